The average molecular weight is 2110 g/mol. The average Bonchev–Trinajstić information content (AvgIpc) is 1.31. The Morgan fingerprint density at radius 1 is 0.160 bits per heavy atom. The molecular weight excluding hydrogens is 1870 g/mol. The first-order valence-corrected chi connectivity index (χ1v) is 64.6. The summed E-state index contributed by atoms with van der Waals surface area (Å²) in [6.45, 7) is 16.9. The number of carbonyl (C=O) groups is 8. The lowest BCUT2D eigenvalue weighted by Gasteiger charge is -2.17. The van der Waals surface area contributed by atoms with Crippen LogP contribution in [0.4, 0.5) is 0 Å². The van der Waals surface area contributed by atoms with Crippen LogP contribution in [0.1, 0.15) is 672 Å². The molecule has 8 heterocycles. The number of ether oxygens (including phenoxy) is 8. The highest BCUT2D eigenvalue weighted by Gasteiger charge is 2.22. The Morgan fingerprint density at radius 3 is 0.567 bits per heavy atom. The lowest BCUT2D eigenvalue weighted by Crippen LogP contribution is -2.18. The molecule has 8 rings (SSSR count). The van der Waals surface area contributed by atoms with Crippen molar-refractivity contribution in [1.82, 2.24) is 0 Å². The Bertz CT molecular complexity index is 3270. The van der Waals surface area contributed by atoms with Crippen molar-refractivity contribution in [2.45, 2.75) is 721 Å². The standard InChI is InChI=1S/C18H30O2.2C18H32O2.C17H32O2.3C16H28O2.C15H28O2/c1-17-15-13-11-9-7-5-3-2-4-6-8-10-12-14-16-18(19)20-17;1-2-17-15-13-11-9-7-5-3-4-6-8-10-12-14-16-18(19)20-17;1-2-14-17-15-12-10-8-6-4-3-5-7-9-11-13-16-18(19)20-17;1-2-13-16-14-11-9-7-5-3-4-6-8-10-12-15-17(18)19-16;1-15-13-11-9-7-5-3-2-4-6-8-10-12-14-16(17)18-15;1-2-15-13-11-9-7-5-3-4-6-8-10-12-14-16(17)18-15;1-2-12-15-13-10-8-6-4-3-5-7-9-11-14-16(17)18-15;1-2-11-14-12-9-7-5-3-4-6-8-10-13-15(16)17-14/h2-3,7,9,17H,4-6,8,10-16H2,1H3;3,5,17H,2,4,6-16H2,1H3;4,6,17H,2-3,5,7-16H2,1H3;16H,2-15H2,1H3;3,5,15H,2,4,6-14H2,1H3;5,7,15H,2-4,6,8-14H2,1H3;6,8,15H,2-5,7,9-14H2,1H3;14H,2-13H2,1H3/b3-2-,9-7-;5-3-;6-4-;;5-3-;7-5-;8-6-;. The summed E-state index contributed by atoms with van der Waals surface area (Å²) < 4.78 is 44.3. The maximum Gasteiger partial charge on any atom is 0.306 e. The summed E-state index contributed by atoms with van der Waals surface area (Å²) in [5.74, 6) is 0.0997. The topological polar surface area (TPSA) is 210 Å². The van der Waals surface area contributed by atoms with Crippen LogP contribution < -0.4 is 0 Å². The summed E-state index contributed by atoms with van der Waals surface area (Å²) in [4.78, 5) is 93.6. The van der Waals surface area contributed by atoms with Gasteiger partial charge in [-0.05, 0) is 341 Å². The normalized spacial score (nSPS) is 26.3. The Kier molecular flexibility index (Phi) is 107. The smallest absolute Gasteiger partial charge is 0.306 e. The van der Waals surface area contributed by atoms with E-state index in [1.807, 2.05) is 13.8 Å². The van der Waals surface area contributed by atoms with Gasteiger partial charge < -0.3 is 37.9 Å². The van der Waals surface area contributed by atoms with Gasteiger partial charge in [-0.25, -0.2) is 0 Å². The Labute approximate surface area is 924 Å². The van der Waals surface area contributed by atoms with Gasteiger partial charge in [0.2, 0.25) is 0 Å². The van der Waals surface area contributed by atoms with Crippen LogP contribution in [0, 0.1) is 0 Å². The van der Waals surface area contributed by atoms with Crippen LogP contribution in [-0.4, -0.2) is 96.6 Å². The van der Waals surface area contributed by atoms with Gasteiger partial charge in [0.25, 0.3) is 0 Å². The Morgan fingerprint density at radius 2 is 0.313 bits per heavy atom. The number of cyclic esters (lactones) is 8. The highest BCUT2D eigenvalue weighted by Crippen LogP contribution is 2.27. The van der Waals surface area contributed by atoms with Crippen molar-refractivity contribution >= 4 is 47.8 Å². The molecule has 8 aliphatic heterocycles. The van der Waals surface area contributed by atoms with Gasteiger partial charge in [-0.2, -0.15) is 0 Å². The van der Waals surface area contributed by atoms with Crippen LogP contribution in [0.5, 0.6) is 0 Å². The van der Waals surface area contributed by atoms with Crippen molar-refractivity contribution in [3.63, 3.8) is 0 Å². The third kappa shape index (κ3) is 102. The van der Waals surface area contributed by atoms with Crippen LogP contribution in [0.25, 0.3) is 0 Å². The minimum Gasteiger partial charge on any atom is -0.463 e. The molecule has 8 unspecified atom stereocenters. The van der Waals surface area contributed by atoms with E-state index in [-0.39, 0.29) is 96.6 Å². The first-order valence-electron chi connectivity index (χ1n) is 64.6. The zero-order chi connectivity index (χ0) is 109. The fraction of sp³-hybridized carbons (Fsp3) is 0.836. The number of hydrogen-bond donors (Lipinski definition) is 0. The van der Waals surface area contributed by atoms with Crippen LogP contribution in [-0.2, 0) is 76.3 Å². The van der Waals surface area contributed by atoms with E-state index in [2.05, 4.69) is 127 Å². The van der Waals surface area contributed by atoms with Gasteiger partial charge >= 0.3 is 47.8 Å². The van der Waals surface area contributed by atoms with E-state index in [1.54, 1.807) is 0 Å². The Hall–Kier alpha value is -6.06. The number of esters is 8. The highest BCUT2D eigenvalue weighted by atomic mass is 16.6. The molecule has 0 N–H and O–H groups in total. The number of allylic oxidation sites excluding steroid dienone is 14. The maximum atomic E-state index is 11.8. The molecule has 2 saturated heterocycles. The third-order valence-electron chi connectivity index (χ3n) is 29.9. The second-order valence-corrected chi connectivity index (χ2v) is 44.7. The molecule has 16 heteroatoms. The van der Waals surface area contributed by atoms with Crippen LogP contribution in [0.15, 0.2) is 85.1 Å². The summed E-state index contributed by atoms with van der Waals surface area (Å²) in [6, 6.07) is 0. The summed E-state index contributed by atoms with van der Waals surface area (Å²) in [5, 5.41) is 0. The zero-order valence-corrected chi connectivity index (χ0v) is 99.1. The molecule has 8 aliphatic rings. The summed E-state index contributed by atoms with van der Waals surface area (Å²) in [7, 11) is 0. The highest BCUT2D eigenvalue weighted by molar-refractivity contribution is 5.72. The molecule has 870 valence electrons. The second-order valence-electron chi connectivity index (χ2n) is 44.7. The van der Waals surface area contributed by atoms with Crippen molar-refractivity contribution in [2.75, 3.05) is 0 Å². The van der Waals surface area contributed by atoms with Crippen molar-refractivity contribution in [1.29, 1.82) is 0 Å². The van der Waals surface area contributed by atoms with Crippen molar-refractivity contribution in [3.8, 4) is 0 Å². The van der Waals surface area contributed by atoms with Crippen molar-refractivity contribution in [3.05, 3.63) is 85.1 Å². The van der Waals surface area contributed by atoms with E-state index in [9.17, 15) is 38.4 Å². The first kappa shape index (κ1) is 142. The molecule has 0 bridgehead atoms. The maximum absolute atomic E-state index is 11.8. The van der Waals surface area contributed by atoms with Gasteiger partial charge in [-0.3, -0.25) is 38.4 Å². The monoisotopic (exact) mass is 2100 g/mol. The van der Waals surface area contributed by atoms with E-state index >= 15 is 0 Å². The van der Waals surface area contributed by atoms with Crippen LogP contribution in [0.2, 0.25) is 0 Å². The lowest BCUT2D eigenvalue weighted by molar-refractivity contribution is -0.151. The third-order valence-corrected chi connectivity index (χ3v) is 29.9. The molecule has 8 atom stereocenters. The molecule has 0 amide bonds. The predicted molar refractivity (Wildman–Crippen MR) is 632 cm³/mol. The molecule has 16 nitrogen and oxygen atoms in total. The molecule has 0 saturated carbocycles. The minimum absolute atomic E-state index is 0.00510. The summed E-state index contributed by atoms with van der Waals surface area (Å²) in [5.41, 5.74) is 0. The van der Waals surface area contributed by atoms with E-state index in [0.717, 1.165) is 250 Å². The molecular formula is C134H238O16. The summed E-state index contributed by atoms with van der Waals surface area (Å²) >= 11 is 0. The first-order chi connectivity index (χ1) is 73.5. The quantitative estimate of drug-likeness (QED) is 0.113. The predicted octanol–water partition coefficient (Wildman–Crippen LogP) is 40.8. The molecule has 150 heavy (non-hydrogen) atoms. The largest absolute Gasteiger partial charge is 0.463 e. The molecule has 0 radical (unpaired) electrons. The van der Waals surface area contributed by atoms with Gasteiger partial charge in [0.05, 0.1) is 12.2 Å². The zero-order valence-electron chi connectivity index (χ0n) is 99.1. The van der Waals surface area contributed by atoms with E-state index in [1.165, 1.54) is 315 Å². The van der Waals surface area contributed by atoms with Crippen LogP contribution in [0.3, 0.4) is 0 Å². The van der Waals surface area contributed by atoms with E-state index < -0.39 is 0 Å². The van der Waals surface area contributed by atoms with Gasteiger partial charge in [0.15, 0.2) is 0 Å². The van der Waals surface area contributed by atoms with Gasteiger partial charge in [-0.15, -0.1) is 0 Å². The van der Waals surface area contributed by atoms with Crippen molar-refractivity contribution in [2.24, 2.45) is 0 Å². The minimum atomic E-state index is -0.0166. The van der Waals surface area contributed by atoms with Gasteiger partial charge in [0.1, 0.15) is 36.6 Å². The van der Waals surface area contributed by atoms with Gasteiger partial charge in [0, 0.05) is 51.4 Å². The van der Waals surface area contributed by atoms with Gasteiger partial charge in [-0.1, -0.05) is 364 Å². The lowest BCUT2D eigenvalue weighted by atomic mass is 10.0. The molecule has 2 fully saturated rings. The molecule has 0 aromatic rings. The Balaban J connectivity index is 0.000000858. The molecule has 0 aliphatic carbocycles. The van der Waals surface area contributed by atoms with Crippen molar-refractivity contribution < 1.29 is 76.3 Å². The second kappa shape index (κ2) is 113. The summed E-state index contributed by atoms with van der Waals surface area (Å²) in [6.07, 6.45) is 141. The number of carbonyl (C=O) groups excluding carboxylic acids is 8. The molecule has 0 spiro atoms. The fourth-order valence-electron chi connectivity index (χ4n) is 20.4. The van der Waals surface area contributed by atoms with Crippen LogP contribution >= 0.6 is 0 Å². The van der Waals surface area contributed by atoms with E-state index in [0.29, 0.717) is 51.4 Å². The SMILES string of the molecule is CC1CCC/C=C\C/C=C\CCCCCCCC(=O)O1.CC1CCCC/C=C\CCCCCCCC(=O)O1.CCC1CCC/C=C\CCCCCCCC(=O)O1.CCC1CCCCC/C=C\CCCCCCCC(=O)O1.CCCC1CC/C=C\CCCCCCCC(=O)O1.CCCC1CCCC/C=C\CCCCCCCC(=O)O1.CCCC1CCCCCCCCCCC(=O)O1.CCCC1CCCCCCCCCCCCC(=O)O1. The molecule has 0 aromatic heterocycles. The number of hydrogen-bond acceptors (Lipinski definition) is 16. The number of rotatable bonds is 10. The van der Waals surface area contributed by atoms with E-state index in [4.69, 9.17) is 37.9 Å². The fourth-order valence-corrected chi connectivity index (χ4v) is 20.4. The molecule has 0 aromatic carbocycles.